The van der Waals surface area contributed by atoms with Gasteiger partial charge in [-0.2, -0.15) is 28.4 Å². The number of likely N-dealkylation sites (tertiary alicyclic amines) is 1. The number of nitrogens with zero attached hydrogens (tertiary/aromatic N) is 7. The van der Waals surface area contributed by atoms with Crippen LogP contribution in [0.4, 0.5) is 24.7 Å². The first kappa shape index (κ1) is 28.7. The number of aromatic nitrogens is 2. The molecule has 2 atom stereocenters. The monoisotopic (exact) mass is 569 g/mol. The van der Waals surface area contributed by atoms with E-state index < -0.39 is 11.7 Å². The number of fused-ring (bicyclic) bond motifs is 1. The quantitative estimate of drug-likeness (QED) is 0.467. The largest absolute Gasteiger partial charge is 0.462 e. The molecule has 12 heteroatoms. The molecule has 2 saturated heterocycles. The number of halogens is 3. The zero-order valence-electron chi connectivity index (χ0n) is 23.1. The number of hydrogen-bond donors (Lipinski definition) is 0. The van der Waals surface area contributed by atoms with Gasteiger partial charge in [-0.15, -0.1) is 0 Å². The molecule has 1 aromatic carbocycles. The van der Waals surface area contributed by atoms with Gasteiger partial charge < -0.3 is 24.3 Å². The first-order valence-corrected chi connectivity index (χ1v) is 13.9. The van der Waals surface area contributed by atoms with Gasteiger partial charge in [-0.05, 0) is 51.1 Å². The highest BCUT2D eigenvalue weighted by molar-refractivity contribution is 5.87. The average molecular weight is 570 g/mol. The van der Waals surface area contributed by atoms with Crippen LogP contribution in [0.5, 0.6) is 6.01 Å². The SMILES string of the molecule is C=CC(=O)N1CCN(c2nc(OCC3CCCN3C)nc3c2CCN(c2ccccc2C(F)(F)F)C3)CC1CC#N. The molecule has 2 unspecified atom stereocenters. The number of carbonyl (C=O) groups is 1. The standard InChI is InChI=1S/C29H34F3N7O2/c1-3-26(40)39-16-15-38(17-20(39)10-12-33)27-22-11-14-37(25-9-5-4-8-23(25)29(30,31)32)18-24(22)34-28(35-27)41-19-21-7-6-13-36(21)2/h3-5,8-9,20-21H,1,6-7,10-11,13-19H2,2H3. The van der Waals surface area contributed by atoms with Crippen LogP contribution < -0.4 is 14.5 Å². The Hall–Kier alpha value is -3.85. The number of benzene rings is 1. The number of likely N-dealkylation sites (N-methyl/N-ethyl adjacent to an activating group) is 1. The summed E-state index contributed by atoms with van der Waals surface area (Å²) in [5.74, 6) is 0.431. The highest BCUT2D eigenvalue weighted by atomic mass is 19.4. The highest BCUT2D eigenvalue weighted by Gasteiger charge is 2.37. The number of hydrogen-bond acceptors (Lipinski definition) is 8. The number of ether oxygens (including phenoxy) is 1. The number of amides is 1. The lowest BCUT2D eigenvalue weighted by Gasteiger charge is -2.42. The molecular weight excluding hydrogens is 535 g/mol. The van der Waals surface area contributed by atoms with Crippen molar-refractivity contribution < 1.29 is 22.7 Å². The molecule has 0 spiro atoms. The Labute approximate surface area is 237 Å². The number of alkyl halides is 3. The third kappa shape index (κ3) is 6.10. The number of piperazine rings is 1. The zero-order valence-corrected chi connectivity index (χ0v) is 23.1. The molecule has 1 aromatic heterocycles. The Morgan fingerprint density at radius 3 is 2.68 bits per heavy atom. The third-order valence-corrected chi connectivity index (χ3v) is 8.22. The van der Waals surface area contributed by atoms with Gasteiger partial charge >= 0.3 is 12.2 Å². The van der Waals surface area contributed by atoms with Gasteiger partial charge in [-0.3, -0.25) is 4.79 Å². The molecule has 4 heterocycles. The van der Waals surface area contributed by atoms with Crippen LogP contribution in [0.3, 0.4) is 0 Å². The molecule has 0 bridgehead atoms. The van der Waals surface area contributed by atoms with Crippen molar-refractivity contribution >= 4 is 17.4 Å². The van der Waals surface area contributed by atoms with Crippen LogP contribution in [0.1, 0.15) is 36.1 Å². The maximum atomic E-state index is 13.8. The lowest BCUT2D eigenvalue weighted by atomic mass is 10.0. The predicted octanol–water partition coefficient (Wildman–Crippen LogP) is 3.65. The Kier molecular flexibility index (Phi) is 8.35. The van der Waals surface area contributed by atoms with Crippen LogP contribution in [0, 0.1) is 11.3 Å². The maximum Gasteiger partial charge on any atom is 0.418 e. The summed E-state index contributed by atoms with van der Waals surface area (Å²) < 4.78 is 47.6. The van der Waals surface area contributed by atoms with Gasteiger partial charge in [0.15, 0.2) is 0 Å². The van der Waals surface area contributed by atoms with Crippen molar-refractivity contribution in [2.75, 3.05) is 56.2 Å². The number of anilines is 2. The van der Waals surface area contributed by atoms with Gasteiger partial charge in [-0.1, -0.05) is 18.7 Å². The fourth-order valence-electron chi connectivity index (χ4n) is 6.01. The first-order chi connectivity index (χ1) is 19.7. The van der Waals surface area contributed by atoms with Crippen molar-refractivity contribution in [2.24, 2.45) is 0 Å². The van der Waals surface area contributed by atoms with Crippen LogP contribution in [-0.4, -0.2) is 84.1 Å². The molecule has 2 aromatic rings. The highest BCUT2D eigenvalue weighted by Crippen LogP contribution is 2.39. The van der Waals surface area contributed by atoms with Gasteiger partial charge in [0.1, 0.15) is 12.4 Å². The average Bonchev–Trinajstić information content (AvgIpc) is 3.39. The Morgan fingerprint density at radius 2 is 1.98 bits per heavy atom. The lowest BCUT2D eigenvalue weighted by molar-refractivity contribution is -0.137. The zero-order chi connectivity index (χ0) is 29.1. The van der Waals surface area contributed by atoms with E-state index in [9.17, 15) is 23.2 Å². The van der Waals surface area contributed by atoms with E-state index in [0.717, 1.165) is 31.0 Å². The fourth-order valence-corrected chi connectivity index (χ4v) is 6.01. The molecule has 3 aliphatic rings. The summed E-state index contributed by atoms with van der Waals surface area (Å²) in [6.45, 7) is 6.79. The van der Waals surface area contributed by atoms with Crippen molar-refractivity contribution in [3.8, 4) is 12.1 Å². The van der Waals surface area contributed by atoms with Crippen molar-refractivity contribution in [2.45, 2.75) is 50.5 Å². The number of carbonyl (C=O) groups excluding carboxylic acids is 1. The number of nitriles is 1. The molecule has 0 N–H and O–H groups in total. The minimum atomic E-state index is -4.48. The normalized spacial score (nSPS) is 21.4. The summed E-state index contributed by atoms with van der Waals surface area (Å²) in [5, 5.41) is 9.43. The molecule has 1 amide bonds. The van der Waals surface area contributed by atoms with Crippen molar-refractivity contribution in [3.05, 3.63) is 53.7 Å². The third-order valence-electron chi connectivity index (χ3n) is 8.22. The maximum absolute atomic E-state index is 13.8. The van der Waals surface area contributed by atoms with Gasteiger partial charge in [0.25, 0.3) is 0 Å². The minimum Gasteiger partial charge on any atom is -0.462 e. The van der Waals surface area contributed by atoms with E-state index in [-0.39, 0.29) is 42.7 Å². The van der Waals surface area contributed by atoms with Crippen molar-refractivity contribution in [3.63, 3.8) is 0 Å². The summed E-state index contributed by atoms with van der Waals surface area (Å²) in [7, 11) is 2.05. The molecule has 0 saturated carbocycles. The number of rotatable bonds is 7. The van der Waals surface area contributed by atoms with E-state index in [1.54, 1.807) is 15.9 Å². The summed E-state index contributed by atoms with van der Waals surface area (Å²) >= 11 is 0. The molecule has 2 fully saturated rings. The Morgan fingerprint density at radius 1 is 1.17 bits per heavy atom. The van der Waals surface area contributed by atoms with Crippen molar-refractivity contribution in [1.29, 1.82) is 5.26 Å². The molecule has 9 nitrogen and oxygen atoms in total. The van der Waals surface area contributed by atoms with Gasteiger partial charge in [0, 0.05) is 43.5 Å². The van der Waals surface area contributed by atoms with Crippen molar-refractivity contribution in [1.82, 2.24) is 19.8 Å². The van der Waals surface area contributed by atoms with E-state index in [4.69, 9.17) is 14.7 Å². The molecule has 218 valence electrons. The van der Waals surface area contributed by atoms with Crippen LogP contribution >= 0.6 is 0 Å². The topological polar surface area (TPSA) is 88.8 Å². The molecular formula is C29H34F3N7O2. The van der Waals surface area contributed by atoms with Crippen LogP contribution in [0.2, 0.25) is 0 Å². The molecule has 3 aliphatic heterocycles. The lowest BCUT2D eigenvalue weighted by Crippen LogP contribution is -2.55. The van der Waals surface area contributed by atoms with Gasteiger partial charge in [0.05, 0.1) is 36.3 Å². The van der Waals surface area contributed by atoms with E-state index in [1.165, 1.54) is 18.2 Å². The Balaban J connectivity index is 1.47. The van der Waals surface area contributed by atoms with Gasteiger partial charge in [-0.25, -0.2) is 0 Å². The van der Waals surface area contributed by atoms with E-state index in [1.807, 2.05) is 4.90 Å². The smallest absolute Gasteiger partial charge is 0.418 e. The molecule has 0 aliphatic carbocycles. The summed E-state index contributed by atoms with van der Waals surface area (Å²) in [6, 6.07) is 7.84. The fraction of sp³-hybridized carbons (Fsp3) is 0.517. The van der Waals surface area contributed by atoms with Crippen LogP contribution in [0.25, 0.3) is 0 Å². The van der Waals surface area contributed by atoms with Crippen LogP contribution in [0.15, 0.2) is 36.9 Å². The summed E-state index contributed by atoms with van der Waals surface area (Å²) in [5.41, 5.74) is 0.914. The summed E-state index contributed by atoms with van der Waals surface area (Å²) in [6.07, 6.45) is -0.534. The molecule has 0 radical (unpaired) electrons. The summed E-state index contributed by atoms with van der Waals surface area (Å²) in [4.78, 5) is 29.6. The van der Waals surface area contributed by atoms with E-state index in [2.05, 4.69) is 24.6 Å². The second-order valence-electron chi connectivity index (χ2n) is 10.7. The van der Waals surface area contributed by atoms with Crippen LogP contribution in [-0.2, 0) is 23.9 Å². The second kappa shape index (κ2) is 11.9. The molecule has 5 rings (SSSR count). The van der Waals surface area contributed by atoms with Gasteiger partial charge in [0.2, 0.25) is 5.91 Å². The second-order valence-corrected chi connectivity index (χ2v) is 10.7. The van der Waals surface area contributed by atoms with E-state index in [0.29, 0.717) is 50.7 Å². The minimum absolute atomic E-state index is 0.117. The first-order valence-electron chi connectivity index (χ1n) is 13.9. The van der Waals surface area contributed by atoms with E-state index >= 15 is 0 Å². The molecule has 41 heavy (non-hydrogen) atoms. The Bertz CT molecular complexity index is 1330. The number of para-hydroxylation sites is 1. The predicted molar refractivity (Wildman–Crippen MR) is 148 cm³/mol.